The zero-order valence-electron chi connectivity index (χ0n) is 11.8. The van der Waals surface area contributed by atoms with Crippen molar-refractivity contribution in [2.45, 2.75) is 18.3 Å². The lowest BCUT2D eigenvalue weighted by Gasteiger charge is -2.38. The van der Waals surface area contributed by atoms with Gasteiger partial charge in [-0.05, 0) is 5.56 Å². The quantitative estimate of drug-likeness (QED) is 0.885. The summed E-state index contributed by atoms with van der Waals surface area (Å²) in [6, 6.07) is 7.90. The smallest absolute Gasteiger partial charge is 0.325 e. The van der Waals surface area contributed by atoms with Crippen molar-refractivity contribution < 1.29 is 18.3 Å². The third-order valence-corrected chi connectivity index (χ3v) is 6.93. The molecule has 1 aromatic carbocycles. The van der Waals surface area contributed by atoms with E-state index in [9.17, 15) is 18.3 Å². The summed E-state index contributed by atoms with van der Waals surface area (Å²) in [5, 5.41) is 8.86. The summed E-state index contributed by atoms with van der Waals surface area (Å²) in [5.74, 6) is 0.180. The second-order valence-electron chi connectivity index (χ2n) is 4.87. The summed E-state index contributed by atoms with van der Waals surface area (Å²) in [6.45, 7) is 2.06. The molecule has 1 saturated heterocycles. The minimum atomic E-state index is -3.32. The van der Waals surface area contributed by atoms with Crippen LogP contribution in [0.2, 0.25) is 0 Å². The largest absolute Gasteiger partial charge is 0.480 e. The summed E-state index contributed by atoms with van der Waals surface area (Å²) < 4.78 is 24.6. The highest BCUT2D eigenvalue weighted by Crippen LogP contribution is 2.30. The van der Waals surface area contributed by atoms with Gasteiger partial charge in [0.25, 0.3) is 0 Å². The first-order chi connectivity index (χ1) is 9.97. The van der Waals surface area contributed by atoms with E-state index in [1.54, 1.807) is 47.9 Å². The molecule has 2 atom stereocenters. The minimum absolute atomic E-state index is 0.0237. The van der Waals surface area contributed by atoms with E-state index < -0.39 is 27.2 Å². The van der Waals surface area contributed by atoms with E-state index in [1.165, 1.54) is 0 Å². The number of carboxylic acid groups (broad SMARTS) is 1. The number of rotatable bonds is 5. The van der Waals surface area contributed by atoms with Crippen molar-refractivity contribution in [3.05, 3.63) is 35.9 Å². The Morgan fingerprint density at radius 1 is 1.43 bits per heavy atom. The Bertz CT molecular complexity index is 588. The number of sulfone groups is 1. The van der Waals surface area contributed by atoms with Crippen LogP contribution in [0.4, 0.5) is 0 Å². The Balaban J connectivity index is 2.40. The first kappa shape index (κ1) is 16.3. The van der Waals surface area contributed by atoms with Crippen molar-refractivity contribution in [1.82, 2.24) is 4.90 Å². The van der Waals surface area contributed by atoms with Crippen LogP contribution in [0.3, 0.4) is 0 Å². The molecule has 2 rings (SSSR count). The third-order valence-electron chi connectivity index (χ3n) is 3.62. The van der Waals surface area contributed by atoms with E-state index in [-0.39, 0.29) is 5.75 Å². The molecule has 1 N–H and O–H groups in total. The van der Waals surface area contributed by atoms with Gasteiger partial charge in [0, 0.05) is 23.8 Å². The molecule has 0 aromatic heterocycles. The molecule has 1 aliphatic heterocycles. The molecular weight excluding hydrogens is 310 g/mol. The summed E-state index contributed by atoms with van der Waals surface area (Å²) in [4.78, 5) is 13.3. The van der Waals surface area contributed by atoms with Crippen LogP contribution in [-0.2, 0) is 14.6 Å². The molecule has 21 heavy (non-hydrogen) atoms. The monoisotopic (exact) mass is 329 g/mol. The lowest BCUT2D eigenvalue weighted by molar-refractivity contribution is -0.143. The van der Waals surface area contributed by atoms with Gasteiger partial charge < -0.3 is 5.11 Å². The van der Waals surface area contributed by atoms with Crippen LogP contribution >= 0.6 is 11.8 Å². The first-order valence-electron chi connectivity index (χ1n) is 6.80. The van der Waals surface area contributed by atoms with Gasteiger partial charge in [-0.15, -0.1) is 0 Å². The zero-order valence-corrected chi connectivity index (χ0v) is 13.4. The van der Waals surface area contributed by atoms with Gasteiger partial charge >= 0.3 is 5.97 Å². The Hall–Kier alpha value is -1.05. The van der Waals surface area contributed by atoms with Gasteiger partial charge in [-0.1, -0.05) is 37.3 Å². The standard InChI is InChI=1S/C14H19NO4S2/c1-2-21(18,19)12-10-20-9-8-15(12)13(14(16)17)11-6-4-3-5-7-11/h3-7,12-13H,2,8-10H2,1H3,(H,16,17). The number of hydrogen-bond acceptors (Lipinski definition) is 5. The topological polar surface area (TPSA) is 74.7 Å². The van der Waals surface area contributed by atoms with E-state index in [1.807, 2.05) is 6.07 Å². The van der Waals surface area contributed by atoms with E-state index in [0.717, 1.165) is 5.75 Å². The summed E-state index contributed by atoms with van der Waals surface area (Å²) >= 11 is 1.56. The average Bonchev–Trinajstić information content (AvgIpc) is 2.48. The van der Waals surface area contributed by atoms with Gasteiger partial charge in [0.05, 0.1) is 0 Å². The highest BCUT2D eigenvalue weighted by atomic mass is 32.2. The number of benzene rings is 1. The van der Waals surface area contributed by atoms with Crippen molar-refractivity contribution >= 4 is 27.6 Å². The second-order valence-corrected chi connectivity index (χ2v) is 8.47. The van der Waals surface area contributed by atoms with E-state index in [4.69, 9.17) is 0 Å². The maximum Gasteiger partial charge on any atom is 0.325 e. The summed E-state index contributed by atoms with van der Waals surface area (Å²) in [6.07, 6.45) is 0. The number of carboxylic acids is 1. The maximum atomic E-state index is 12.3. The summed E-state index contributed by atoms with van der Waals surface area (Å²) in [7, 11) is -3.32. The first-order valence-corrected chi connectivity index (χ1v) is 9.67. The Kier molecular flexibility index (Phi) is 5.29. The second kappa shape index (κ2) is 6.81. The minimum Gasteiger partial charge on any atom is -0.480 e. The van der Waals surface area contributed by atoms with E-state index in [2.05, 4.69) is 0 Å². The summed E-state index contributed by atoms with van der Waals surface area (Å²) in [5.41, 5.74) is 0.619. The van der Waals surface area contributed by atoms with Crippen molar-refractivity contribution in [2.75, 3.05) is 23.8 Å². The van der Waals surface area contributed by atoms with Gasteiger partial charge in [0.2, 0.25) is 0 Å². The lowest BCUT2D eigenvalue weighted by Crippen LogP contribution is -2.51. The molecule has 1 fully saturated rings. The number of hydrogen-bond donors (Lipinski definition) is 1. The molecule has 0 radical (unpaired) electrons. The fourth-order valence-electron chi connectivity index (χ4n) is 2.50. The lowest BCUT2D eigenvalue weighted by atomic mass is 10.1. The SMILES string of the molecule is CCS(=O)(=O)C1CSCCN1C(C(=O)O)c1ccccc1. The molecule has 0 bridgehead atoms. The molecule has 7 heteroatoms. The highest BCUT2D eigenvalue weighted by Gasteiger charge is 2.40. The van der Waals surface area contributed by atoms with Crippen molar-refractivity contribution in [2.24, 2.45) is 0 Å². The number of carbonyl (C=O) groups is 1. The van der Waals surface area contributed by atoms with Gasteiger partial charge in [0.15, 0.2) is 9.84 Å². The highest BCUT2D eigenvalue weighted by molar-refractivity contribution is 8.01. The van der Waals surface area contributed by atoms with Gasteiger partial charge in [0.1, 0.15) is 11.4 Å². The fraction of sp³-hybridized carbons (Fsp3) is 0.500. The Morgan fingerprint density at radius 3 is 2.67 bits per heavy atom. The van der Waals surface area contributed by atoms with Crippen LogP contribution in [0, 0.1) is 0 Å². The number of thioether (sulfide) groups is 1. The molecule has 1 aliphatic rings. The molecule has 0 spiro atoms. The van der Waals surface area contributed by atoms with Crippen molar-refractivity contribution in [1.29, 1.82) is 0 Å². The Labute approximate surface area is 129 Å². The molecule has 1 heterocycles. The molecule has 116 valence electrons. The van der Waals surface area contributed by atoms with Crippen LogP contribution in [0.5, 0.6) is 0 Å². The van der Waals surface area contributed by atoms with E-state index in [0.29, 0.717) is 17.9 Å². The van der Waals surface area contributed by atoms with Crippen molar-refractivity contribution in [3.8, 4) is 0 Å². The van der Waals surface area contributed by atoms with Gasteiger partial charge in [-0.25, -0.2) is 8.42 Å². The molecule has 0 saturated carbocycles. The zero-order chi connectivity index (χ0) is 15.5. The van der Waals surface area contributed by atoms with Crippen LogP contribution in [0.25, 0.3) is 0 Å². The van der Waals surface area contributed by atoms with E-state index >= 15 is 0 Å². The maximum absolute atomic E-state index is 12.3. The predicted molar refractivity (Wildman–Crippen MR) is 84.1 cm³/mol. The van der Waals surface area contributed by atoms with Crippen LogP contribution in [-0.4, -0.2) is 53.6 Å². The molecule has 2 unspecified atom stereocenters. The van der Waals surface area contributed by atoms with Gasteiger partial charge in [-0.3, -0.25) is 9.69 Å². The Morgan fingerprint density at radius 2 is 2.10 bits per heavy atom. The fourth-order valence-corrected chi connectivity index (χ4v) is 5.54. The normalized spacial score (nSPS) is 21.9. The number of aliphatic carboxylic acids is 1. The molecule has 5 nitrogen and oxygen atoms in total. The number of nitrogens with zero attached hydrogens (tertiary/aromatic N) is 1. The third kappa shape index (κ3) is 3.59. The van der Waals surface area contributed by atoms with Crippen LogP contribution < -0.4 is 0 Å². The molecule has 1 aromatic rings. The average molecular weight is 329 g/mol. The van der Waals surface area contributed by atoms with Gasteiger partial charge in [-0.2, -0.15) is 11.8 Å². The molecule has 0 aliphatic carbocycles. The molecule has 0 amide bonds. The van der Waals surface area contributed by atoms with Crippen molar-refractivity contribution in [3.63, 3.8) is 0 Å². The van der Waals surface area contributed by atoms with Crippen LogP contribution in [0.1, 0.15) is 18.5 Å². The molecular formula is C14H19NO4S2. The van der Waals surface area contributed by atoms with Crippen LogP contribution in [0.15, 0.2) is 30.3 Å². The predicted octanol–water partition coefficient (Wildman–Crippen LogP) is 1.62.